The Bertz CT molecular complexity index is 466. The lowest BCUT2D eigenvalue weighted by atomic mass is 10.2. The molecule has 8 nitrogen and oxygen atoms in total. The number of hydrogen-bond acceptors (Lipinski definition) is 5. The molecule has 1 unspecified atom stereocenters. The summed E-state index contributed by atoms with van der Waals surface area (Å²) in [6, 6.07) is -0.802. The Labute approximate surface area is 96.4 Å². The SMILES string of the molecule is Cn1cc([N+](=O)[O-])c(NC(C(=O)O)C2CC2)n1. The number of nitro groups is 1. The topological polar surface area (TPSA) is 110 Å². The van der Waals surface area contributed by atoms with Gasteiger partial charge in [-0.3, -0.25) is 14.8 Å². The van der Waals surface area contributed by atoms with Crippen LogP contribution in [-0.4, -0.2) is 31.8 Å². The second-order valence-electron chi connectivity index (χ2n) is 4.09. The summed E-state index contributed by atoms with van der Waals surface area (Å²) in [7, 11) is 1.55. The average Bonchev–Trinajstić information content (AvgIpc) is 2.98. The molecule has 0 amide bonds. The predicted octanol–water partition coefficient (Wildman–Crippen LogP) is 0.603. The lowest BCUT2D eigenvalue weighted by Crippen LogP contribution is -2.31. The maximum absolute atomic E-state index is 11.0. The predicted molar refractivity (Wildman–Crippen MR) is 57.6 cm³/mol. The molecule has 0 spiro atoms. The Morgan fingerprint density at radius 3 is 2.88 bits per heavy atom. The van der Waals surface area contributed by atoms with Crippen LogP contribution in [0.15, 0.2) is 6.20 Å². The van der Waals surface area contributed by atoms with Gasteiger partial charge in [0.25, 0.3) is 0 Å². The van der Waals surface area contributed by atoms with Crippen LogP contribution in [0.2, 0.25) is 0 Å². The van der Waals surface area contributed by atoms with Crippen LogP contribution in [0.25, 0.3) is 0 Å². The van der Waals surface area contributed by atoms with Crippen LogP contribution >= 0.6 is 0 Å². The fourth-order valence-electron chi connectivity index (χ4n) is 1.67. The highest BCUT2D eigenvalue weighted by atomic mass is 16.6. The van der Waals surface area contributed by atoms with E-state index in [1.807, 2.05) is 0 Å². The van der Waals surface area contributed by atoms with Gasteiger partial charge in [-0.25, -0.2) is 4.79 Å². The number of carbonyl (C=O) groups is 1. The summed E-state index contributed by atoms with van der Waals surface area (Å²) in [5.74, 6) is -0.960. The molecule has 0 saturated heterocycles. The minimum absolute atomic E-state index is 0.0109. The normalized spacial score (nSPS) is 16.5. The van der Waals surface area contributed by atoms with Gasteiger partial charge in [-0.05, 0) is 18.8 Å². The monoisotopic (exact) mass is 240 g/mol. The zero-order valence-corrected chi connectivity index (χ0v) is 9.16. The van der Waals surface area contributed by atoms with Gasteiger partial charge in [0.1, 0.15) is 12.2 Å². The van der Waals surface area contributed by atoms with Gasteiger partial charge < -0.3 is 10.4 Å². The van der Waals surface area contributed by atoms with Crippen molar-refractivity contribution in [3.05, 3.63) is 16.3 Å². The van der Waals surface area contributed by atoms with E-state index in [2.05, 4.69) is 10.4 Å². The summed E-state index contributed by atoms with van der Waals surface area (Å²) < 4.78 is 1.28. The lowest BCUT2D eigenvalue weighted by molar-refractivity contribution is -0.384. The number of aryl methyl sites for hydroxylation is 1. The van der Waals surface area contributed by atoms with Crippen molar-refractivity contribution >= 4 is 17.5 Å². The molecule has 1 aromatic heterocycles. The molecule has 1 aromatic rings. The first-order valence-corrected chi connectivity index (χ1v) is 5.16. The van der Waals surface area contributed by atoms with Gasteiger partial charge >= 0.3 is 11.7 Å². The van der Waals surface area contributed by atoms with Crippen LogP contribution in [0.3, 0.4) is 0 Å². The second-order valence-corrected chi connectivity index (χ2v) is 4.09. The molecule has 0 aliphatic heterocycles. The number of aromatic nitrogens is 2. The third kappa shape index (κ3) is 2.35. The fraction of sp³-hybridized carbons (Fsp3) is 0.556. The summed E-state index contributed by atoms with van der Waals surface area (Å²) in [4.78, 5) is 21.2. The van der Waals surface area contributed by atoms with Crippen LogP contribution in [0, 0.1) is 16.0 Å². The Hall–Kier alpha value is -2.12. The zero-order valence-electron chi connectivity index (χ0n) is 9.16. The molecule has 8 heteroatoms. The van der Waals surface area contributed by atoms with E-state index in [4.69, 9.17) is 5.11 Å². The molecule has 1 aliphatic rings. The van der Waals surface area contributed by atoms with E-state index in [1.54, 1.807) is 7.05 Å². The summed E-state index contributed by atoms with van der Waals surface area (Å²) >= 11 is 0. The van der Waals surface area contributed by atoms with Crippen molar-refractivity contribution in [2.24, 2.45) is 13.0 Å². The van der Waals surface area contributed by atoms with Crippen LogP contribution in [0.4, 0.5) is 11.5 Å². The Balaban J connectivity index is 2.21. The molecule has 1 saturated carbocycles. The van der Waals surface area contributed by atoms with Gasteiger partial charge in [-0.1, -0.05) is 0 Å². The standard InChI is InChI=1S/C9H12N4O4/c1-12-4-6(13(16)17)8(11-12)10-7(9(14)15)5-2-3-5/h4-5,7H,2-3H2,1H3,(H,10,11)(H,14,15). The molecule has 92 valence electrons. The van der Waals surface area contributed by atoms with Gasteiger partial charge in [0.05, 0.1) is 4.92 Å². The van der Waals surface area contributed by atoms with Gasteiger partial charge in [0, 0.05) is 7.05 Å². The molecule has 17 heavy (non-hydrogen) atoms. The van der Waals surface area contributed by atoms with Gasteiger partial charge in [-0.2, -0.15) is 0 Å². The number of carboxylic acids is 1. The number of nitrogens with zero attached hydrogens (tertiary/aromatic N) is 3. The van der Waals surface area contributed by atoms with Crippen molar-refractivity contribution in [3.8, 4) is 0 Å². The van der Waals surface area contributed by atoms with Crippen LogP contribution < -0.4 is 5.32 Å². The minimum Gasteiger partial charge on any atom is -0.480 e. The average molecular weight is 240 g/mol. The Morgan fingerprint density at radius 1 is 1.76 bits per heavy atom. The molecule has 2 rings (SSSR count). The molecular weight excluding hydrogens is 228 g/mol. The van der Waals surface area contributed by atoms with Crippen molar-refractivity contribution in [1.82, 2.24) is 9.78 Å². The van der Waals surface area contributed by atoms with E-state index < -0.39 is 16.9 Å². The van der Waals surface area contributed by atoms with Crippen molar-refractivity contribution in [1.29, 1.82) is 0 Å². The molecule has 0 aromatic carbocycles. The molecule has 1 heterocycles. The highest BCUT2D eigenvalue weighted by Gasteiger charge is 2.38. The lowest BCUT2D eigenvalue weighted by Gasteiger charge is -2.11. The van der Waals surface area contributed by atoms with Crippen molar-refractivity contribution in [3.63, 3.8) is 0 Å². The molecule has 1 fully saturated rings. The second kappa shape index (κ2) is 4.04. The van der Waals surface area contributed by atoms with Gasteiger partial charge in [0.15, 0.2) is 0 Å². The van der Waals surface area contributed by atoms with E-state index in [0.717, 1.165) is 12.8 Å². The van der Waals surface area contributed by atoms with Crippen LogP contribution in [0.5, 0.6) is 0 Å². The first-order valence-electron chi connectivity index (χ1n) is 5.16. The third-order valence-corrected chi connectivity index (χ3v) is 2.66. The summed E-state index contributed by atoms with van der Waals surface area (Å²) in [6.07, 6.45) is 2.89. The first kappa shape index (κ1) is 11.4. The summed E-state index contributed by atoms with van der Waals surface area (Å²) in [5, 5.41) is 26.3. The fourth-order valence-corrected chi connectivity index (χ4v) is 1.67. The summed E-state index contributed by atoms with van der Waals surface area (Å²) in [5.41, 5.74) is -0.209. The van der Waals surface area contributed by atoms with E-state index in [-0.39, 0.29) is 17.4 Å². The maximum atomic E-state index is 11.0. The van der Waals surface area contributed by atoms with Crippen molar-refractivity contribution < 1.29 is 14.8 Å². The van der Waals surface area contributed by atoms with E-state index in [0.29, 0.717) is 0 Å². The molecule has 0 radical (unpaired) electrons. The number of carboxylic acid groups (broad SMARTS) is 1. The van der Waals surface area contributed by atoms with E-state index in [9.17, 15) is 14.9 Å². The highest BCUT2D eigenvalue weighted by Crippen LogP contribution is 2.35. The maximum Gasteiger partial charge on any atom is 0.330 e. The molecule has 2 N–H and O–H groups in total. The first-order chi connectivity index (χ1) is 7.99. The van der Waals surface area contributed by atoms with E-state index >= 15 is 0 Å². The van der Waals surface area contributed by atoms with E-state index in [1.165, 1.54) is 10.9 Å². The summed E-state index contributed by atoms with van der Waals surface area (Å²) in [6.45, 7) is 0. The molecule has 0 bridgehead atoms. The Morgan fingerprint density at radius 2 is 2.41 bits per heavy atom. The smallest absolute Gasteiger partial charge is 0.330 e. The zero-order chi connectivity index (χ0) is 12.6. The molecular formula is C9H12N4O4. The van der Waals surface area contributed by atoms with Gasteiger partial charge in [-0.15, -0.1) is 5.10 Å². The molecule has 1 aliphatic carbocycles. The number of anilines is 1. The number of hydrogen-bond donors (Lipinski definition) is 2. The highest BCUT2D eigenvalue weighted by molar-refractivity contribution is 5.78. The number of rotatable bonds is 5. The third-order valence-electron chi connectivity index (χ3n) is 2.66. The van der Waals surface area contributed by atoms with Gasteiger partial charge in [0.2, 0.25) is 5.82 Å². The number of nitrogens with one attached hydrogen (secondary N) is 1. The quantitative estimate of drug-likeness (QED) is 0.576. The van der Waals surface area contributed by atoms with Crippen LogP contribution in [0.1, 0.15) is 12.8 Å². The molecule has 1 atom stereocenters. The number of aliphatic carboxylic acids is 1. The Kier molecular flexibility index (Phi) is 2.70. The van der Waals surface area contributed by atoms with Crippen molar-refractivity contribution in [2.45, 2.75) is 18.9 Å². The largest absolute Gasteiger partial charge is 0.480 e. The minimum atomic E-state index is -1.01. The van der Waals surface area contributed by atoms with Crippen molar-refractivity contribution in [2.75, 3.05) is 5.32 Å². The van der Waals surface area contributed by atoms with Crippen LogP contribution in [-0.2, 0) is 11.8 Å².